The Hall–Kier alpha value is -3.18. The first-order valence-corrected chi connectivity index (χ1v) is 10.9. The number of halogens is 3. The summed E-state index contributed by atoms with van der Waals surface area (Å²) in [6.07, 6.45) is -2.65. The van der Waals surface area contributed by atoms with Crippen LogP contribution in [-0.2, 0) is 6.18 Å². The number of fused-ring (bicyclic) bond motifs is 1. The maximum Gasteiger partial charge on any atom is 0.417 e. The number of nitrogens with zero attached hydrogens (tertiary/aromatic N) is 2. The zero-order valence-corrected chi connectivity index (χ0v) is 18.3. The van der Waals surface area contributed by atoms with Crippen molar-refractivity contribution in [3.05, 3.63) is 74.8 Å². The first kappa shape index (κ1) is 22.0. The third-order valence-electron chi connectivity index (χ3n) is 4.75. The molecule has 4 rings (SSSR count). The summed E-state index contributed by atoms with van der Waals surface area (Å²) in [7, 11) is 0. The van der Waals surface area contributed by atoms with E-state index in [-0.39, 0.29) is 5.56 Å². The number of anilines is 1. The molecular weight excluding hydrogens is 461 g/mol. The van der Waals surface area contributed by atoms with Crippen molar-refractivity contribution >= 4 is 44.9 Å². The van der Waals surface area contributed by atoms with Crippen LogP contribution in [0.2, 0.25) is 0 Å². The van der Waals surface area contributed by atoms with Crippen LogP contribution in [0.4, 0.5) is 18.9 Å². The average molecular weight is 477 g/mol. The van der Waals surface area contributed by atoms with Gasteiger partial charge in [0, 0.05) is 21.4 Å². The molecule has 2 N–H and O–H groups in total. The molecule has 0 unspecified atom stereocenters. The molecule has 0 aliphatic heterocycles. The molecule has 0 aliphatic rings. The standard InChI is InChI=1S/C21H15F3N4O2S2/c1-10-11(2)31-19-16(10)20(27-9-26-19)32-15-6-4-3-5-13(15)17(29)28-14-7-12(21(22,23)24)8-25-18(14)30/h3-9H,1-2H3,(H,25,30)(H,28,29). The lowest BCUT2D eigenvalue weighted by Crippen LogP contribution is -2.21. The zero-order valence-electron chi connectivity index (χ0n) is 16.7. The van der Waals surface area contributed by atoms with Crippen molar-refractivity contribution in [3.8, 4) is 0 Å². The van der Waals surface area contributed by atoms with Crippen LogP contribution in [0.25, 0.3) is 10.2 Å². The largest absolute Gasteiger partial charge is 0.417 e. The summed E-state index contributed by atoms with van der Waals surface area (Å²) in [5.74, 6) is -0.707. The maximum absolute atomic E-state index is 13.0. The number of carbonyl (C=O) groups excluding carboxylic acids is 1. The lowest BCUT2D eigenvalue weighted by atomic mass is 10.2. The highest BCUT2D eigenvalue weighted by Gasteiger charge is 2.31. The Bertz CT molecular complexity index is 1400. The Morgan fingerprint density at radius 2 is 1.94 bits per heavy atom. The predicted octanol–water partition coefficient (Wildman–Crippen LogP) is 5.42. The number of hydrogen-bond acceptors (Lipinski definition) is 6. The van der Waals surface area contributed by atoms with Crippen LogP contribution >= 0.6 is 23.1 Å². The molecule has 0 bridgehead atoms. The molecule has 0 fully saturated rings. The molecule has 6 nitrogen and oxygen atoms in total. The summed E-state index contributed by atoms with van der Waals surface area (Å²) >= 11 is 2.80. The van der Waals surface area contributed by atoms with Gasteiger partial charge in [-0.1, -0.05) is 23.9 Å². The Labute approximate surface area is 187 Å². The van der Waals surface area contributed by atoms with Gasteiger partial charge in [-0.25, -0.2) is 9.97 Å². The number of hydrogen-bond donors (Lipinski definition) is 2. The van der Waals surface area contributed by atoms with Crippen LogP contribution in [-0.4, -0.2) is 20.9 Å². The van der Waals surface area contributed by atoms with Gasteiger partial charge in [0.1, 0.15) is 21.9 Å². The van der Waals surface area contributed by atoms with Crippen LogP contribution in [0, 0.1) is 13.8 Å². The van der Waals surface area contributed by atoms with E-state index in [4.69, 9.17) is 0 Å². The summed E-state index contributed by atoms with van der Waals surface area (Å²) in [5, 5.41) is 3.85. The third-order valence-corrected chi connectivity index (χ3v) is 6.94. The van der Waals surface area contributed by atoms with Crippen LogP contribution in [0.5, 0.6) is 0 Å². The number of rotatable bonds is 4. The number of H-pyrrole nitrogens is 1. The zero-order chi connectivity index (χ0) is 23.0. The van der Waals surface area contributed by atoms with Gasteiger partial charge in [0.25, 0.3) is 11.5 Å². The number of aromatic amines is 1. The molecule has 0 saturated carbocycles. The highest BCUT2D eigenvalue weighted by molar-refractivity contribution is 7.99. The van der Waals surface area contributed by atoms with Gasteiger partial charge < -0.3 is 10.3 Å². The van der Waals surface area contributed by atoms with E-state index in [1.165, 1.54) is 24.2 Å². The second-order valence-electron chi connectivity index (χ2n) is 6.82. The van der Waals surface area contributed by atoms with Crippen molar-refractivity contribution in [1.82, 2.24) is 15.0 Å². The lowest BCUT2D eigenvalue weighted by Gasteiger charge is -2.11. The second kappa shape index (κ2) is 8.40. The fourth-order valence-electron chi connectivity index (χ4n) is 3.00. The number of benzene rings is 1. The van der Waals surface area contributed by atoms with Gasteiger partial charge in [-0.3, -0.25) is 9.59 Å². The van der Waals surface area contributed by atoms with Crippen LogP contribution in [0.3, 0.4) is 0 Å². The van der Waals surface area contributed by atoms with Crippen LogP contribution in [0.15, 0.2) is 57.6 Å². The number of nitrogens with one attached hydrogen (secondary N) is 2. The number of carbonyl (C=O) groups is 1. The Kier molecular flexibility index (Phi) is 5.78. The summed E-state index contributed by atoms with van der Waals surface area (Å²) in [6.45, 7) is 3.96. The van der Waals surface area contributed by atoms with Crippen molar-refractivity contribution in [2.75, 3.05) is 5.32 Å². The molecule has 164 valence electrons. The highest BCUT2D eigenvalue weighted by Crippen LogP contribution is 2.38. The van der Waals surface area contributed by atoms with E-state index in [0.29, 0.717) is 22.2 Å². The van der Waals surface area contributed by atoms with Crippen molar-refractivity contribution in [3.63, 3.8) is 0 Å². The number of amides is 1. The van der Waals surface area contributed by atoms with E-state index in [2.05, 4.69) is 15.3 Å². The summed E-state index contributed by atoms with van der Waals surface area (Å²) < 4.78 is 38.9. The van der Waals surface area contributed by atoms with Crippen LogP contribution < -0.4 is 10.9 Å². The first-order chi connectivity index (χ1) is 15.1. The number of pyridine rings is 1. The minimum Gasteiger partial charge on any atom is -0.327 e. The van der Waals surface area contributed by atoms with Crippen molar-refractivity contribution in [1.29, 1.82) is 0 Å². The molecule has 0 saturated heterocycles. The molecule has 0 atom stereocenters. The van der Waals surface area contributed by atoms with E-state index < -0.39 is 28.9 Å². The fraction of sp³-hybridized carbons (Fsp3) is 0.143. The molecule has 1 aromatic carbocycles. The highest BCUT2D eigenvalue weighted by atomic mass is 32.2. The molecular formula is C21H15F3N4O2S2. The predicted molar refractivity (Wildman–Crippen MR) is 117 cm³/mol. The van der Waals surface area contributed by atoms with Crippen molar-refractivity contribution < 1.29 is 18.0 Å². The van der Waals surface area contributed by atoms with Gasteiger partial charge in [-0.2, -0.15) is 13.2 Å². The average Bonchev–Trinajstić information content (AvgIpc) is 3.03. The molecule has 0 spiro atoms. The normalized spacial score (nSPS) is 11.7. The smallest absolute Gasteiger partial charge is 0.327 e. The quantitative estimate of drug-likeness (QED) is 0.384. The number of alkyl halides is 3. The number of thiophene rings is 1. The maximum atomic E-state index is 13.0. The van der Waals surface area contributed by atoms with Gasteiger partial charge in [0.05, 0.1) is 11.1 Å². The SMILES string of the molecule is Cc1sc2ncnc(Sc3ccccc3C(=O)Nc3cc(C(F)(F)F)c[nH]c3=O)c2c1C. The summed E-state index contributed by atoms with van der Waals surface area (Å²) in [4.78, 5) is 38.0. The number of aryl methyl sites for hydroxylation is 2. The van der Waals surface area contributed by atoms with Gasteiger partial charge in [-0.15, -0.1) is 11.3 Å². The Morgan fingerprint density at radius 1 is 1.19 bits per heavy atom. The van der Waals surface area contributed by atoms with E-state index in [0.717, 1.165) is 20.7 Å². The number of aromatic nitrogens is 3. The van der Waals surface area contributed by atoms with Gasteiger partial charge in [0.15, 0.2) is 0 Å². The van der Waals surface area contributed by atoms with Crippen LogP contribution in [0.1, 0.15) is 26.4 Å². The summed E-state index contributed by atoms with van der Waals surface area (Å²) in [5.41, 5.74) is -1.14. The topological polar surface area (TPSA) is 87.7 Å². The van der Waals surface area contributed by atoms with E-state index in [1.807, 2.05) is 18.8 Å². The minimum absolute atomic E-state index is 0.200. The molecule has 4 aromatic rings. The molecule has 3 heterocycles. The lowest BCUT2D eigenvalue weighted by molar-refractivity contribution is -0.137. The van der Waals surface area contributed by atoms with Gasteiger partial charge in [0.2, 0.25) is 0 Å². The summed E-state index contributed by atoms with van der Waals surface area (Å²) in [6, 6.07) is 7.21. The van der Waals surface area contributed by atoms with Crippen molar-refractivity contribution in [2.24, 2.45) is 0 Å². The molecule has 32 heavy (non-hydrogen) atoms. The molecule has 1 amide bonds. The Balaban J connectivity index is 1.68. The van der Waals surface area contributed by atoms with E-state index >= 15 is 0 Å². The fourth-order valence-corrected chi connectivity index (χ4v) is 5.14. The molecule has 0 aliphatic carbocycles. The van der Waals surface area contributed by atoms with Crippen molar-refractivity contribution in [2.45, 2.75) is 29.9 Å². The van der Waals surface area contributed by atoms with E-state index in [1.54, 1.807) is 29.5 Å². The first-order valence-electron chi connectivity index (χ1n) is 9.24. The second-order valence-corrected chi connectivity index (χ2v) is 9.06. The molecule has 3 aromatic heterocycles. The third kappa shape index (κ3) is 4.26. The molecule has 11 heteroatoms. The minimum atomic E-state index is -4.66. The van der Waals surface area contributed by atoms with Gasteiger partial charge in [-0.05, 0) is 37.6 Å². The van der Waals surface area contributed by atoms with E-state index in [9.17, 15) is 22.8 Å². The Morgan fingerprint density at radius 3 is 2.69 bits per heavy atom. The molecule has 0 radical (unpaired) electrons. The monoisotopic (exact) mass is 476 g/mol. The van der Waals surface area contributed by atoms with Gasteiger partial charge >= 0.3 is 6.18 Å².